The Hall–Kier alpha value is -2.89. The number of anilines is 1. The number of nitrogens with zero attached hydrogens (tertiary/aromatic N) is 1. The summed E-state index contributed by atoms with van der Waals surface area (Å²) < 4.78 is 29.3. The fraction of sp³-hybridized carbons (Fsp3) is 0.261. The number of carbonyl (C=O) groups is 2. The Morgan fingerprint density at radius 3 is 2.56 bits per heavy atom. The van der Waals surface area contributed by atoms with Crippen LogP contribution in [0.4, 0.5) is 5.13 Å². The number of thiazole rings is 1. The molecule has 1 atom stereocenters. The lowest BCUT2D eigenvalue weighted by Gasteiger charge is -2.18. The predicted molar refractivity (Wildman–Crippen MR) is 137 cm³/mol. The molecule has 0 saturated carbocycles. The van der Waals surface area contributed by atoms with Gasteiger partial charge < -0.3 is 15.4 Å². The molecular formula is C23H25N3O5S3. The first-order valence-corrected chi connectivity index (χ1v) is 14.4. The maximum absolute atomic E-state index is 13.0. The average molecular weight is 520 g/mol. The van der Waals surface area contributed by atoms with Gasteiger partial charge in [0.15, 0.2) is 15.0 Å². The van der Waals surface area contributed by atoms with Crippen LogP contribution in [0.3, 0.4) is 0 Å². The minimum Gasteiger partial charge on any atom is -0.495 e. The first-order chi connectivity index (χ1) is 16.2. The number of carbonyl (C=O) groups excluding carboxylic acids is 2. The van der Waals surface area contributed by atoms with Gasteiger partial charge in [0, 0.05) is 22.8 Å². The number of nitrogens with one attached hydrogen (secondary N) is 2. The number of aromatic nitrogens is 1. The topological polar surface area (TPSA) is 114 Å². The molecule has 11 heteroatoms. The molecule has 0 aliphatic carbocycles. The SMILES string of the molecule is COc1ccc(C(=O)N[C@@H](CCSC)C(=O)Nc2nc(-c3ccccc3)cs2)cc1S(C)(=O)=O. The van der Waals surface area contributed by atoms with E-state index in [2.05, 4.69) is 15.6 Å². The average Bonchev–Trinajstić information content (AvgIpc) is 3.29. The molecule has 0 aliphatic rings. The summed E-state index contributed by atoms with van der Waals surface area (Å²) in [6, 6.07) is 12.9. The number of rotatable bonds is 10. The number of sulfone groups is 1. The zero-order valence-corrected chi connectivity index (χ0v) is 21.4. The van der Waals surface area contributed by atoms with Crippen molar-refractivity contribution >= 4 is 49.9 Å². The largest absolute Gasteiger partial charge is 0.495 e. The van der Waals surface area contributed by atoms with Gasteiger partial charge in [-0.25, -0.2) is 13.4 Å². The van der Waals surface area contributed by atoms with Gasteiger partial charge in [-0.2, -0.15) is 11.8 Å². The second kappa shape index (κ2) is 11.5. The predicted octanol–water partition coefficient (Wildman–Crippen LogP) is 3.71. The molecule has 2 aromatic carbocycles. The van der Waals surface area contributed by atoms with Crippen LogP contribution in [-0.2, 0) is 14.6 Å². The molecule has 1 aromatic heterocycles. The lowest BCUT2D eigenvalue weighted by Crippen LogP contribution is -2.44. The normalized spacial score (nSPS) is 12.1. The fourth-order valence-electron chi connectivity index (χ4n) is 3.12. The summed E-state index contributed by atoms with van der Waals surface area (Å²) in [4.78, 5) is 30.2. The van der Waals surface area contributed by atoms with Gasteiger partial charge in [0.05, 0.1) is 12.8 Å². The van der Waals surface area contributed by atoms with Gasteiger partial charge in [-0.3, -0.25) is 9.59 Å². The summed E-state index contributed by atoms with van der Waals surface area (Å²) in [5.74, 6) is -0.164. The monoisotopic (exact) mass is 519 g/mol. The van der Waals surface area contributed by atoms with E-state index in [1.807, 2.05) is 42.0 Å². The molecule has 0 aliphatic heterocycles. The second-order valence-corrected chi connectivity index (χ2v) is 11.2. The van der Waals surface area contributed by atoms with Crippen LogP contribution < -0.4 is 15.4 Å². The Balaban J connectivity index is 1.76. The molecule has 2 amide bonds. The highest BCUT2D eigenvalue weighted by Crippen LogP contribution is 2.26. The van der Waals surface area contributed by atoms with E-state index in [9.17, 15) is 18.0 Å². The van der Waals surface area contributed by atoms with Crippen molar-refractivity contribution in [3.63, 3.8) is 0 Å². The highest BCUT2D eigenvalue weighted by atomic mass is 32.2. The van der Waals surface area contributed by atoms with Crippen LogP contribution in [0.15, 0.2) is 58.8 Å². The van der Waals surface area contributed by atoms with Crippen LogP contribution in [0.25, 0.3) is 11.3 Å². The number of hydrogen-bond donors (Lipinski definition) is 2. The Morgan fingerprint density at radius 1 is 1.18 bits per heavy atom. The molecule has 3 rings (SSSR count). The van der Waals surface area contributed by atoms with E-state index in [1.165, 1.54) is 36.6 Å². The van der Waals surface area contributed by atoms with Crippen LogP contribution in [0.5, 0.6) is 5.75 Å². The fourth-order valence-corrected chi connectivity index (χ4v) is 5.17. The zero-order valence-electron chi connectivity index (χ0n) is 18.9. The van der Waals surface area contributed by atoms with Gasteiger partial charge in [0.2, 0.25) is 5.91 Å². The zero-order chi connectivity index (χ0) is 24.7. The van der Waals surface area contributed by atoms with Crippen molar-refractivity contribution in [1.82, 2.24) is 10.3 Å². The van der Waals surface area contributed by atoms with E-state index >= 15 is 0 Å². The molecule has 0 bridgehead atoms. The summed E-state index contributed by atoms with van der Waals surface area (Å²) in [7, 11) is -2.26. The minimum atomic E-state index is -3.62. The molecule has 8 nitrogen and oxygen atoms in total. The quantitative estimate of drug-likeness (QED) is 0.420. The molecule has 34 heavy (non-hydrogen) atoms. The maximum Gasteiger partial charge on any atom is 0.251 e. The number of ether oxygens (including phenoxy) is 1. The van der Waals surface area contributed by atoms with Crippen molar-refractivity contribution in [2.24, 2.45) is 0 Å². The third-order valence-corrected chi connectivity index (χ3v) is 7.38. The lowest BCUT2D eigenvalue weighted by molar-refractivity contribution is -0.118. The maximum atomic E-state index is 13.0. The summed E-state index contributed by atoms with van der Waals surface area (Å²) in [6.07, 6.45) is 3.34. The molecule has 1 heterocycles. The highest BCUT2D eigenvalue weighted by Gasteiger charge is 2.24. The van der Waals surface area contributed by atoms with Gasteiger partial charge in [-0.15, -0.1) is 11.3 Å². The van der Waals surface area contributed by atoms with E-state index < -0.39 is 27.7 Å². The highest BCUT2D eigenvalue weighted by molar-refractivity contribution is 7.98. The lowest BCUT2D eigenvalue weighted by atomic mass is 10.1. The van der Waals surface area contributed by atoms with E-state index in [0.29, 0.717) is 17.3 Å². The first-order valence-electron chi connectivity index (χ1n) is 10.2. The molecule has 2 N–H and O–H groups in total. The van der Waals surface area contributed by atoms with Crippen molar-refractivity contribution in [3.8, 4) is 17.0 Å². The van der Waals surface area contributed by atoms with Crippen molar-refractivity contribution in [3.05, 3.63) is 59.5 Å². The molecule has 0 saturated heterocycles. The van der Waals surface area contributed by atoms with Gasteiger partial charge in [0.1, 0.15) is 16.7 Å². The molecule has 3 aromatic rings. The third-order valence-electron chi connectivity index (χ3n) is 4.86. The van der Waals surface area contributed by atoms with Gasteiger partial charge in [-0.1, -0.05) is 30.3 Å². The van der Waals surface area contributed by atoms with Crippen LogP contribution in [0.1, 0.15) is 16.8 Å². The Bertz CT molecular complexity index is 1260. The number of thioether (sulfide) groups is 1. The van der Waals surface area contributed by atoms with Crippen LogP contribution in [0, 0.1) is 0 Å². The molecular weight excluding hydrogens is 494 g/mol. The van der Waals surface area contributed by atoms with E-state index in [0.717, 1.165) is 17.5 Å². The van der Waals surface area contributed by atoms with Gasteiger partial charge >= 0.3 is 0 Å². The summed E-state index contributed by atoms with van der Waals surface area (Å²) in [5, 5.41) is 7.78. The Kier molecular flexibility index (Phi) is 8.70. The molecule has 180 valence electrons. The molecule has 0 radical (unpaired) electrons. The number of methoxy groups -OCH3 is 1. The second-order valence-electron chi connectivity index (χ2n) is 7.34. The molecule has 0 fully saturated rings. The Morgan fingerprint density at radius 2 is 1.91 bits per heavy atom. The Labute approximate surface area is 207 Å². The molecule has 0 spiro atoms. The minimum absolute atomic E-state index is 0.0935. The first kappa shape index (κ1) is 25.7. The van der Waals surface area contributed by atoms with Crippen molar-refractivity contribution in [2.75, 3.05) is 30.7 Å². The van der Waals surface area contributed by atoms with Crippen LogP contribution >= 0.6 is 23.1 Å². The number of amides is 2. The smallest absolute Gasteiger partial charge is 0.251 e. The van der Waals surface area contributed by atoms with E-state index in [1.54, 1.807) is 11.8 Å². The van der Waals surface area contributed by atoms with E-state index in [-0.39, 0.29) is 16.2 Å². The summed E-state index contributed by atoms with van der Waals surface area (Å²) in [5.41, 5.74) is 1.80. The van der Waals surface area contributed by atoms with Crippen molar-refractivity contribution < 1.29 is 22.7 Å². The number of benzene rings is 2. The summed E-state index contributed by atoms with van der Waals surface area (Å²) >= 11 is 2.84. The van der Waals surface area contributed by atoms with Crippen LogP contribution in [-0.4, -0.2) is 56.6 Å². The number of hydrogen-bond acceptors (Lipinski definition) is 8. The van der Waals surface area contributed by atoms with Gasteiger partial charge in [0.25, 0.3) is 5.91 Å². The summed E-state index contributed by atoms with van der Waals surface area (Å²) in [6.45, 7) is 0. The van der Waals surface area contributed by atoms with E-state index in [4.69, 9.17) is 4.74 Å². The standard InChI is InChI=1S/C23H25N3O5S3/c1-31-19-10-9-16(13-20(19)34(3,29)30)21(27)24-17(11-12-32-2)22(28)26-23-25-18(14-33-23)15-7-5-4-6-8-15/h4-10,13-14,17H,11-12H2,1-3H3,(H,24,27)(H,25,26,28)/t17-/m0/s1. The molecule has 0 unspecified atom stereocenters. The van der Waals surface area contributed by atoms with Crippen molar-refractivity contribution in [2.45, 2.75) is 17.4 Å². The van der Waals surface area contributed by atoms with Gasteiger partial charge in [-0.05, 0) is 36.6 Å². The van der Waals surface area contributed by atoms with Crippen LogP contribution in [0.2, 0.25) is 0 Å². The van der Waals surface area contributed by atoms with Crippen molar-refractivity contribution in [1.29, 1.82) is 0 Å². The third kappa shape index (κ3) is 6.58.